The fraction of sp³-hybridized carbons (Fsp3) is 0.0714. The number of aromatic amines is 1. The van der Waals surface area contributed by atoms with Crippen LogP contribution in [0.5, 0.6) is 5.75 Å². The lowest BCUT2D eigenvalue weighted by molar-refractivity contribution is 0.417. The van der Waals surface area contributed by atoms with Gasteiger partial charge in [-0.1, -0.05) is 18.2 Å². The Hall–Kier alpha value is -2.67. The SMILES string of the molecule is COc1ccccc1Nc1nnc(-c2cccs2)c(=O)[nH]1. The highest BCUT2D eigenvalue weighted by Gasteiger charge is 2.09. The number of benzene rings is 1. The number of ether oxygens (including phenoxy) is 1. The summed E-state index contributed by atoms with van der Waals surface area (Å²) < 4.78 is 5.23. The van der Waals surface area contributed by atoms with Crippen LogP contribution in [0.4, 0.5) is 11.6 Å². The van der Waals surface area contributed by atoms with Crippen LogP contribution in [-0.4, -0.2) is 22.3 Å². The number of hydrogen-bond acceptors (Lipinski definition) is 6. The van der Waals surface area contributed by atoms with Gasteiger partial charge >= 0.3 is 0 Å². The quantitative estimate of drug-likeness (QED) is 0.774. The molecule has 0 aliphatic rings. The molecule has 3 aromatic rings. The van der Waals surface area contributed by atoms with Crippen molar-refractivity contribution in [3.05, 3.63) is 52.1 Å². The summed E-state index contributed by atoms with van der Waals surface area (Å²) >= 11 is 1.44. The van der Waals surface area contributed by atoms with Crippen molar-refractivity contribution in [2.24, 2.45) is 0 Å². The number of aromatic nitrogens is 3. The second-order valence-electron chi connectivity index (χ2n) is 4.15. The second-order valence-corrected chi connectivity index (χ2v) is 5.10. The molecule has 0 unspecified atom stereocenters. The van der Waals surface area contributed by atoms with Crippen LogP contribution in [0.2, 0.25) is 0 Å². The van der Waals surface area contributed by atoms with Crippen molar-refractivity contribution in [2.75, 3.05) is 12.4 Å². The molecule has 0 saturated carbocycles. The van der Waals surface area contributed by atoms with Crippen molar-refractivity contribution in [1.82, 2.24) is 15.2 Å². The summed E-state index contributed by atoms with van der Waals surface area (Å²) in [7, 11) is 1.58. The molecular weight excluding hydrogens is 288 g/mol. The highest BCUT2D eigenvalue weighted by atomic mass is 32.1. The number of rotatable bonds is 4. The average Bonchev–Trinajstić information content (AvgIpc) is 3.02. The zero-order valence-corrected chi connectivity index (χ0v) is 12.0. The van der Waals surface area contributed by atoms with Crippen LogP contribution in [0, 0.1) is 0 Å². The molecule has 7 heteroatoms. The normalized spacial score (nSPS) is 10.3. The number of H-pyrrole nitrogens is 1. The second kappa shape index (κ2) is 5.76. The summed E-state index contributed by atoms with van der Waals surface area (Å²) in [5, 5.41) is 12.9. The van der Waals surface area contributed by atoms with Crippen LogP contribution in [-0.2, 0) is 0 Å². The van der Waals surface area contributed by atoms with Gasteiger partial charge in [-0.25, -0.2) is 0 Å². The molecule has 2 N–H and O–H groups in total. The van der Waals surface area contributed by atoms with Crippen molar-refractivity contribution in [3.63, 3.8) is 0 Å². The Morgan fingerprint density at radius 3 is 2.76 bits per heavy atom. The van der Waals surface area contributed by atoms with Crippen LogP contribution in [0.3, 0.4) is 0 Å². The third-order valence-electron chi connectivity index (χ3n) is 2.81. The molecule has 0 fully saturated rings. The first-order valence-electron chi connectivity index (χ1n) is 6.19. The molecule has 21 heavy (non-hydrogen) atoms. The minimum atomic E-state index is -0.287. The van der Waals surface area contributed by atoms with E-state index < -0.39 is 0 Å². The van der Waals surface area contributed by atoms with Gasteiger partial charge in [-0.3, -0.25) is 9.78 Å². The molecule has 0 amide bonds. The van der Waals surface area contributed by atoms with Gasteiger partial charge in [0.15, 0.2) is 5.69 Å². The van der Waals surface area contributed by atoms with Gasteiger partial charge < -0.3 is 10.1 Å². The molecule has 3 rings (SSSR count). The first-order chi connectivity index (χ1) is 10.3. The lowest BCUT2D eigenvalue weighted by atomic mass is 10.3. The number of hydrogen-bond donors (Lipinski definition) is 2. The number of nitrogens with one attached hydrogen (secondary N) is 2. The zero-order valence-electron chi connectivity index (χ0n) is 11.2. The molecule has 0 radical (unpaired) electrons. The number of methoxy groups -OCH3 is 1. The smallest absolute Gasteiger partial charge is 0.280 e. The van der Waals surface area contributed by atoms with E-state index in [0.717, 1.165) is 4.88 Å². The van der Waals surface area contributed by atoms with Gasteiger partial charge in [-0.05, 0) is 23.6 Å². The molecule has 6 nitrogen and oxygen atoms in total. The maximum Gasteiger partial charge on any atom is 0.280 e. The fourth-order valence-corrected chi connectivity index (χ4v) is 2.55. The molecule has 2 aromatic heterocycles. The minimum absolute atomic E-state index is 0.268. The summed E-state index contributed by atoms with van der Waals surface area (Å²) in [5.74, 6) is 0.923. The van der Waals surface area contributed by atoms with Crippen LogP contribution in [0.1, 0.15) is 0 Å². The molecule has 0 atom stereocenters. The summed E-state index contributed by atoms with van der Waals surface area (Å²) in [6.45, 7) is 0. The van der Waals surface area contributed by atoms with E-state index in [2.05, 4.69) is 20.5 Å². The van der Waals surface area contributed by atoms with E-state index in [-0.39, 0.29) is 11.5 Å². The molecule has 1 aromatic carbocycles. The largest absolute Gasteiger partial charge is 0.495 e. The van der Waals surface area contributed by atoms with Crippen molar-refractivity contribution >= 4 is 23.0 Å². The molecule has 0 aliphatic heterocycles. The average molecular weight is 300 g/mol. The first kappa shape index (κ1) is 13.3. The predicted octanol–water partition coefficient (Wildman–Crippen LogP) is 2.65. The Bertz CT molecular complexity index is 799. The topological polar surface area (TPSA) is 79.9 Å². The Labute approximate surface area is 124 Å². The van der Waals surface area contributed by atoms with Gasteiger partial charge in [-0.2, -0.15) is 0 Å². The number of thiophene rings is 1. The monoisotopic (exact) mass is 300 g/mol. The number of para-hydroxylation sites is 2. The van der Waals surface area contributed by atoms with E-state index in [0.29, 0.717) is 17.1 Å². The van der Waals surface area contributed by atoms with Crippen molar-refractivity contribution < 1.29 is 4.74 Å². The molecule has 106 valence electrons. The molecular formula is C14H12N4O2S. The highest BCUT2D eigenvalue weighted by molar-refractivity contribution is 7.13. The van der Waals surface area contributed by atoms with Gasteiger partial charge in [0, 0.05) is 0 Å². The van der Waals surface area contributed by atoms with Crippen LogP contribution < -0.4 is 15.6 Å². The zero-order chi connectivity index (χ0) is 14.7. The minimum Gasteiger partial charge on any atom is -0.495 e. The third-order valence-corrected chi connectivity index (χ3v) is 3.69. The number of anilines is 2. The van der Waals surface area contributed by atoms with Crippen LogP contribution >= 0.6 is 11.3 Å². The van der Waals surface area contributed by atoms with Gasteiger partial charge in [-0.15, -0.1) is 21.5 Å². The van der Waals surface area contributed by atoms with E-state index in [4.69, 9.17) is 4.74 Å². The van der Waals surface area contributed by atoms with E-state index in [1.54, 1.807) is 7.11 Å². The van der Waals surface area contributed by atoms with Crippen LogP contribution in [0.25, 0.3) is 10.6 Å². The molecule has 2 heterocycles. The predicted molar refractivity (Wildman–Crippen MR) is 82.2 cm³/mol. The van der Waals surface area contributed by atoms with Crippen molar-refractivity contribution in [3.8, 4) is 16.3 Å². The highest BCUT2D eigenvalue weighted by Crippen LogP contribution is 2.25. The van der Waals surface area contributed by atoms with Crippen molar-refractivity contribution in [1.29, 1.82) is 0 Å². The van der Waals surface area contributed by atoms with Crippen molar-refractivity contribution in [2.45, 2.75) is 0 Å². The molecule has 0 bridgehead atoms. The molecule has 0 aliphatic carbocycles. The Morgan fingerprint density at radius 2 is 2.05 bits per heavy atom. The maximum absolute atomic E-state index is 12.1. The molecule has 0 spiro atoms. The maximum atomic E-state index is 12.1. The number of nitrogens with zero attached hydrogens (tertiary/aromatic N) is 2. The van der Waals surface area contributed by atoms with Gasteiger partial charge in [0.25, 0.3) is 5.56 Å². The summed E-state index contributed by atoms with van der Waals surface area (Å²) in [6.07, 6.45) is 0. The lowest BCUT2D eigenvalue weighted by Gasteiger charge is -2.09. The molecule has 0 saturated heterocycles. The lowest BCUT2D eigenvalue weighted by Crippen LogP contribution is -2.15. The first-order valence-corrected chi connectivity index (χ1v) is 7.07. The fourth-order valence-electron chi connectivity index (χ4n) is 1.84. The van der Waals surface area contributed by atoms with E-state index in [9.17, 15) is 4.79 Å². The van der Waals surface area contributed by atoms with E-state index in [1.807, 2.05) is 41.8 Å². The van der Waals surface area contributed by atoms with E-state index >= 15 is 0 Å². The Balaban J connectivity index is 1.91. The third kappa shape index (κ3) is 2.77. The van der Waals surface area contributed by atoms with Gasteiger partial charge in [0.1, 0.15) is 5.75 Å². The summed E-state index contributed by atoms with van der Waals surface area (Å²) in [4.78, 5) is 15.5. The summed E-state index contributed by atoms with van der Waals surface area (Å²) in [6, 6.07) is 11.0. The Morgan fingerprint density at radius 1 is 1.19 bits per heavy atom. The standard InChI is InChI=1S/C14H12N4O2S/c1-20-10-6-3-2-5-9(10)15-14-16-13(19)12(17-18-14)11-7-4-8-21-11/h2-8H,1H3,(H2,15,16,18,19). The van der Waals surface area contributed by atoms with Gasteiger partial charge in [0.05, 0.1) is 17.7 Å². The Kier molecular flexibility index (Phi) is 3.65. The van der Waals surface area contributed by atoms with Gasteiger partial charge in [0.2, 0.25) is 5.95 Å². The van der Waals surface area contributed by atoms with E-state index in [1.165, 1.54) is 11.3 Å². The summed E-state index contributed by atoms with van der Waals surface area (Å²) in [5.41, 5.74) is 0.731. The van der Waals surface area contributed by atoms with Crippen LogP contribution in [0.15, 0.2) is 46.6 Å².